The summed E-state index contributed by atoms with van der Waals surface area (Å²) >= 11 is 0. The molecule has 2 aromatic rings. The number of hydrogen-bond acceptors (Lipinski definition) is 3. The molecule has 0 aliphatic rings. The van der Waals surface area contributed by atoms with Crippen LogP contribution in [0.3, 0.4) is 0 Å². The first-order valence-corrected chi connectivity index (χ1v) is 7.15. The maximum Gasteiger partial charge on any atom is 0.0992 e. The molecule has 0 aliphatic heterocycles. The number of unbranched alkanes of at least 4 members (excludes halogenated alkanes) is 1. The first-order valence-electron chi connectivity index (χ1n) is 7.15. The van der Waals surface area contributed by atoms with E-state index in [0.717, 1.165) is 12.1 Å². The van der Waals surface area contributed by atoms with E-state index in [1.807, 2.05) is 6.08 Å². The monoisotopic (exact) mass is 280 g/mol. The highest BCUT2D eigenvalue weighted by Gasteiger charge is 2.05. The summed E-state index contributed by atoms with van der Waals surface area (Å²) in [6, 6.07) is 7.53. The quantitative estimate of drug-likeness (QED) is 0.913. The Morgan fingerprint density at radius 2 is 2.29 bits per heavy atom. The third-order valence-corrected chi connectivity index (χ3v) is 3.53. The Morgan fingerprint density at radius 1 is 1.48 bits per heavy atom. The van der Waals surface area contributed by atoms with Crippen molar-refractivity contribution in [2.75, 3.05) is 0 Å². The molecule has 0 saturated carbocycles. The fourth-order valence-electron chi connectivity index (χ4n) is 2.19. The van der Waals surface area contributed by atoms with Crippen LogP contribution >= 0.6 is 0 Å². The molecule has 2 heterocycles. The Balaban J connectivity index is 2.26. The van der Waals surface area contributed by atoms with Crippen molar-refractivity contribution in [1.29, 1.82) is 5.26 Å². The van der Waals surface area contributed by atoms with E-state index in [-0.39, 0.29) is 0 Å². The van der Waals surface area contributed by atoms with Crippen LogP contribution in [0.4, 0.5) is 0 Å². The molecular formula is C17H20N4. The molecule has 0 aromatic carbocycles. The van der Waals surface area contributed by atoms with Crippen LogP contribution in [0.25, 0.3) is 11.8 Å². The summed E-state index contributed by atoms with van der Waals surface area (Å²) in [4.78, 5) is 4.22. The van der Waals surface area contributed by atoms with Gasteiger partial charge in [-0.1, -0.05) is 13.3 Å². The number of nitriles is 1. The summed E-state index contributed by atoms with van der Waals surface area (Å²) < 4.78 is 2.24. The number of aromatic nitrogens is 2. The van der Waals surface area contributed by atoms with Gasteiger partial charge in [0.1, 0.15) is 0 Å². The van der Waals surface area contributed by atoms with Crippen LogP contribution in [0, 0.1) is 18.3 Å². The molecule has 0 unspecified atom stereocenters. The molecule has 0 saturated heterocycles. The van der Waals surface area contributed by atoms with Crippen LogP contribution < -0.4 is 5.73 Å². The SMILES string of the molecule is CCCCn1ccc(/C=C(\N)c2cc(C#N)ccn2)c1C. The number of rotatable bonds is 5. The number of hydrogen-bond donors (Lipinski definition) is 1. The second-order valence-electron chi connectivity index (χ2n) is 5.04. The lowest BCUT2D eigenvalue weighted by Crippen LogP contribution is -2.01. The van der Waals surface area contributed by atoms with E-state index in [4.69, 9.17) is 11.0 Å². The molecule has 0 amide bonds. The number of pyridine rings is 1. The standard InChI is InChI=1S/C17H20N4/c1-3-4-8-21-9-6-15(13(21)2)11-16(19)17-10-14(12-18)5-7-20-17/h5-7,9-11H,3-4,8,19H2,1-2H3/b16-11-. The predicted octanol–water partition coefficient (Wildman–Crippen LogP) is 3.32. The van der Waals surface area contributed by atoms with Crippen molar-refractivity contribution in [2.45, 2.75) is 33.2 Å². The molecule has 2 aromatic heterocycles. The third kappa shape index (κ3) is 3.51. The molecule has 4 heteroatoms. The normalized spacial score (nSPS) is 11.4. The first kappa shape index (κ1) is 14.9. The summed E-state index contributed by atoms with van der Waals surface area (Å²) in [6.45, 7) is 5.30. The van der Waals surface area contributed by atoms with Gasteiger partial charge in [-0.25, -0.2) is 0 Å². The van der Waals surface area contributed by atoms with E-state index in [0.29, 0.717) is 17.0 Å². The molecule has 2 N–H and O–H groups in total. The Kier molecular flexibility index (Phi) is 4.78. The van der Waals surface area contributed by atoms with Crippen LogP contribution in [-0.4, -0.2) is 9.55 Å². The molecule has 0 bridgehead atoms. The fraction of sp³-hybridized carbons (Fsp3) is 0.294. The van der Waals surface area contributed by atoms with Crippen molar-refractivity contribution < 1.29 is 0 Å². The minimum atomic E-state index is 0.564. The highest BCUT2D eigenvalue weighted by atomic mass is 15.0. The van der Waals surface area contributed by atoms with Gasteiger partial charge < -0.3 is 10.3 Å². The third-order valence-electron chi connectivity index (χ3n) is 3.53. The summed E-state index contributed by atoms with van der Waals surface area (Å²) in [5.41, 5.74) is 10.2. The Bertz CT molecular complexity index is 689. The smallest absolute Gasteiger partial charge is 0.0992 e. The lowest BCUT2D eigenvalue weighted by molar-refractivity contribution is 0.622. The summed E-state index contributed by atoms with van der Waals surface area (Å²) in [5, 5.41) is 8.92. The van der Waals surface area contributed by atoms with Gasteiger partial charge in [-0.3, -0.25) is 4.98 Å². The van der Waals surface area contributed by atoms with Crippen molar-refractivity contribution in [3.63, 3.8) is 0 Å². The van der Waals surface area contributed by atoms with Gasteiger partial charge in [-0.15, -0.1) is 0 Å². The lowest BCUT2D eigenvalue weighted by atomic mass is 10.1. The summed E-state index contributed by atoms with van der Waals surface area (Å²) in [6.07, 6.45) is 7.95. The number of aryl methyl sites for hydroxylation is 1. The van der Waals surface area contributed by atoms with Crippen molar-refractivity contribution in [2.24, 2.45) is 5.73 Å². The zero-order chi connectivity index (χ0) is 15.2. The van der Waals surface area contributed by atoms with Gasteiger partial charge in [0.05, 0.1) is 23.0 Å². The Labute approximate surface area is 125 Å². The van der Waals surface area contributed by atoms with Crippen molar-refractivity contribution >= 4 is 11.8 Å². The van der Waals surface area contributed by atoms with Gasteiger partial charge in [0.25, 0.3) is 0 Å². The average Bonchev–Trinajstić information content (AvgIpc) is 2.85. The molecule has 0 fully saturated rings. The van der Waals surface area contributed by atoms with E-state index >= 15 is 0 Å². The van der Waals surface area contributed by atoms with Crippen LogP contribution in [0.5, 0.6) is 0 Å². The van der Waals surface area contributed by atoms with E-state index in [2.05, 4.69) is 41.7 Å². The molecule has 2 rings (SSSR count). The number of nitrogens with zero attached hydrogens (tertiary/aromatic N) is 3. The van der Waals surface area contributed by atoms with E-state index in [1.165, 1.54) is 18.5 Å². The van der Waals surface area contributed by atoms with Gasteiger partial charge >= 0.3 is 0 Å². The van der Waals surface area contributed by atoms with Crippen molar-refractivity contribution in [3.05, 3.63) is 53.1 Å². The second-order valence-corrected chi connectivity index (χ2v) is 5.04. The minimum Gasteiger partial charge on any atom is -0.397 e. The molecular weight excluding hydrogens is 260 g/mol. The van der Waals surface area contributed by atoms with Crippen LogP contribution in [-0.2, 0) is 6.54 Å². The van der Waals surface area contributed by atoms with Crippen molar-refractivity contribution in [1.82, 2.24) is 9.55 Å². The fourth-order valence-corrected chi connectivity index (χ4v) is 2.19. The van der Waals surface area contributed by atoms with E-state index in [1.54, 1.807) is 18.3 Å². The number of nitrogens with two attached hydrogens (primary N) is 1. The van der Waals surface area contributed by atoms with Gasteiger partial charge in [-0.2, -0.15) is 5.26 Å². The molecule has 0 atom stereocenters. The molecule has 4 nitrogen and oxygen atoms in total. The van der Waals surface area contributed by atoms with Crippen LogP contribution in [0.15, 0.2) is 30.6 Å². The molecule has 0 radical (unpaired) electrons. The molecule has 108 valence electrons. The topological polar surface area (TPSA) is 67.6 Å². The Hall–Kier alpha value is -2.54. The zero-order valence-corrected chi connectivity index (χ0v) is 12.5. The van der Waals surface area contributed by atoms with Gasteiger partial charge in [0.15, 0.2) is 0 Å². The van der Waals surface area contributed by atoms with Crippen molar-refractivity contribution in [3.8, 4) is 6.07 Å². The predicted molar refractivity (Wildman–Crippen MR) is 85.1 cm³/mol. The maximum absolute atomic E-state index is 8.92. The summed E-state index contributed by atoms with van der Waals surface area (Å²) in [7, 11) is 0. The minimum absolute atomic E-state index is 0.564. The zero-order valence-electron chi connectivity index (χ0n) is 12.5. The first-order chi connectivity index (χ1) is 10.2. The highest BCUT2D eigenvalue weighted by molar-refractivity contribution is 5.78. The Morgan fingerprint density at radius 3 is 3.00 bits per heavy atom. The van der Waals surface area contributed by atoms with Gasteiger partial charge in [0.2, 0.25) is 0 Å². The van der Waals surface area contributed by atoms with Gasteiger partial charge in [-0.05, 0) is 43.2 Å². The molecule has 21 heavy (non-hydrogen) atoms. The largest absolute Gasteiger partial charge is 0.397 e. The highest BCUT2D eigenvalue weighted by Crippen LogP contribution is 2.17. The van der Waals surface area contributed by atoms with Crippen LogP contribution in [0.2, 0.25) is 0 Å². The van der Waals surface area contributed by atoms with Crippen LogP contribution in [0.1, 0.15) is 42.3 Å². The summed E-state index contributed by atoms with van der Waals surface area (Å²) in [5.74, 6) is 0. The second kappa shape index (κ2) is 6.76. The van der Waals surface area contributed by atoms with E-state index in [9.17, 15) is 0 Å². The molecule has 0 spiro atoms. The maximum atomic E-state index is 8.92. The lowest BCUT2D eigenvalue weighted by Gasteiger charge is -2.06. The van der Waals surface area contributed by atoms with Gasteiger partial charge in [0, 0.05) is 24.6 Å². The van der Waals surface area contributed by atoms with E-state index < -0.39 is 0 Å². The molecule has 0 aliphatic carbocycles. The average molecular weight is 280 g/mol.